The highest BCUT2D eigenvalue weighted by atomic mass is 32.2. The Hall–Kier alpha value is -1.44. The average molecular weight is 336 g/mol. The maximum atomic E-state index is 12.9. The molecule has 0 bridgehead atoms. The summed E-state index contributed by atoms with van der Waals surface area (Å²) in [5, 5.41) is 3.95. The van der Waals surface area contributed by atoms with Gasteiger partial charge in [0.1, 0.15) is 5.82 Å². The van der Waals surface area contributed by atoms with E-state index >= 15 is 0 Å². The molecule has 3 rings (SSSR count). The molecule has 0 saturated carbocycles. The van der Waals surface area contributed by atoms with Gasteiger partial charge in [-0.05, 0) is 24.3 Å². The number of benzene rings is 1. The largest absolute Gasteiger partial charge is 0.340 e. The SMILES string of the molecule is Cc1nc(CN2CCN(CCSc3ccc(F)cc3)CC2)no1. The van der Waals surface area contributed by atoms with Crippen molar-refractivity contribution < 1.29 is 8.91 Å². The summed E-state index contributed by atoms with van der Waals surface area (Å²) in [6, 6.07) is 6.71. The Morgan fingerprint density at radius 2 is 1.83 bits per heavy atom. The number of halogens is 1. The summed E-state index contributed by atoms with van der Waals surface area (Å²) in [5.41, 5.74) is 0. The van der Waals surface area contributed by atoms with Crippen molar-refractivity contribution in [2.75, 3.05) is 38.5 Å². The van der Waals surface area contributed by atoms with Gasteiger partial charge in [-0.2, -0.15) is 4.98 Å². The van der Waals surface area contributed by atoms with E-state index in [9.17, 15) is 4.39 Å². The Kier molecular flexibility index (Phi) is 5.64. The molecule has 0 N–H and O–H groups in total. The first-order valence-electron chi connectivity index (χ1n) is 7.81. The lowest BCUT2D eigenvalue weighted by atomic mass is 10.3. The van der Waals surface area contributed by atoms with Crippen LogP contribution in [-0.2, 0) is 6.54 Å². The molecule has 23 heavy (non-hydrogen) atoms. The van der Waals surface area contributed by atoms with Crippen LogP contribution in [0.5, 0.6) is 0 Å². The zero-order valence-electron chi connectivity index (χ0n) is 13.2. The van der Waals surface area contributed by atoms with Crippen LogP contribution in [0.15, 0.2) is 33.7 Å². The molecular weight excluding hydrogens is 315 g/mol. The molecule has 124 valence electrons. The van der Waals surface area contributed by atoms with Crippen molar-refractivity contribution in [1.82, 2.24) is 19.9 Å². The fourth-order valence-corrected chi connectivity index (χ4v) is 3.51. The van der Waals surface area contributed by atoms with Gasteiger partial charge in [0.25, 0.3) is 0 Å². The summed E-state index contributed by atoms with van der Waals surface area (Å²) in [4.78, 5) is 10.2. The number of nitrogens with zero attached hydrogens (tertiary/aromatic N) is 4. The van der Waals surface area contributed by atoms with Crippen molar-refractivity contribution in [3.8, 4) is 0 Å². The van der Waals surface area contributed by atoms with Gasteiger partial charge in [0.15, 0.2) is 5.82 Å². The van der Waals surface area contributed by atoms with Crippen molar-refractivity contribution in [3.05, 3.63) is 41.8 Å². The molecule has 1 aliphatic heterocycles. The van der Waals surface area contributed by atoms with E-state index in [0.29, 0.717) is 5.89 Å². The zero-order valence-corrected chi connectivity index (χ0v) is 14.1. The van der Waals surface area contributed by atoms with Crippen molar-refractivity contribution in [3.63, 3.8) is 0 Å². The Labute approximate surface area is 139 Å². The van der Waals surface area contributed by atoms with E-state index in [1.54, 1.807) is 11.8 Å². The van der Waals surface area contributed by atoms with Gasteiger partial charge >= 0.3 is 0 Å². The standard InChI is InChI=1S/C16H21FN4OS/c1-13-18-16(19-22-13)12-21-8-6-20(7-9-21)10-11-23-15-4-2-14(17)3-5-15/h2-5H,6-12H2,1H3. The smallest absolute Gasteiger partial charge is 0.223 e. The first-order valence-corrected chi connectivity index (χ1v) is 8.80. The van der Waals surface area contributed by atoms with Gasteiger partial charge in [0.2, 0.25) is 5.89 Å². The maximum absolute atomic E-state index is 12.9. The number of thioether (sulfide) groups is 1. The van der Waals surface area contributed by atoms with Gasteiger partial charge in [-0.3, -0.25) is 9.80 Å². The number of hydrogen-bond acceptors (Lipinski definition) is 6. The summed E-state index contributed by atoms with van der Waals surface area (Å²) in [7, 11) is 0. The summed E-state index contributed by atoms with van der Waals surface area (Å²) in [6.45, 7) is 7.78. The second kappa shape index (κ2) is 7.90. The van der Waals surface area contributed by atoms with E-state index in [1.807, 2.05) is 19.1 Å². The van der Waals surface area contributed by atoms with Gasteiger partial charge in [-0.15, -0.1) is 11.8 Å². The lowest BCUT2D eigenvalue weighted by Crippen LogP contribution is -2.46. The molecule has 1 aromatic carbocycles. The highest BCUT2D eigenvalue weighted by Gasteiger charge is 2.18. The number of piperazine rings is 1. The third-order valence-corrected chi connectivity index (χ3v) is 4.88. The zero-order chi connectivity index (χ0) is 16.1. The van der Waals surface area contributed by atoms with Crippen molar-refractivity contribution in [2.24, 2.45) is 0 Å². The predicted molar refractivity (Wildman–Crippen MR) is 87.9 cm³/mol. The molecule has 5 nitrogen and oxygen atoms in total. The first kappa shape index (κ1) is 16.4. The van der Waals surface area contributed by atoms with E-state index in [4.69, 9.17) is 4.52 Å². The normalized spacial score (nSPS) is 16.8. The fraction of sp³-hybridized carbons (Fsp3) is 0.500. The molecule has 0 radical (unpaired) electrons. The highest BCUT2D eigenvalue weighted by molar-refractivity contribution is 7.99. The van der Waals surface area contributed by atoms with Crippen molar-refractivity contribution in [1.29, 1.82) is 0 Å². The molecule has 2 heterocycles. The Morgan fingerprint density at radius 3 is 2.48 bits per heavy atom. The van der Waals surface area contributed by atoms with Crippen LogP contribution in [0.25, 0.3) is 0 Å². The van der Waals surface area contributed by atoms with Gasteiger partial charge in [0.05, 0.1) is 6.54 Å². The van der Waals surface area contributed by atoms with Gasteiger partial charge in [-0.25, -0.2) is 4.39 Å². The molecule has 2 aromatic rings. The lowest BCUT2D eigenvalue weighted by molar-refractivity contribution is 0.129. The molecular formula is C16H21FN4OS. The molecule has 0 atom stereocenters. The number of rotatable bonds is 6. The van der Waals surface area contributed by atoms with Gasteiger partial charge in [-0.1, -0.05) is 5.16 Å². The number of aryl methyl sites for hydroxylation is 1. The van der Waals surface area contributed by atoms with Gasteiger partial charge in [0, 0.05) is 50.3 Å². The van der Waals surface area contributed by atoms with E-state index in [-0.39, 0.29) is 5.82 Å². The Bertz CT molecular complexity index is 611. The van der Waals surface area contributed by atoms with Gasteiger partial charge < -0.3 is 4.52 Å². The van der Waals surface area contributed by atoms with E-state index < -0.39 is 0 Å². The molecule has 7 heteroatoms. The quantitative estimate of drug-likeness (QED) is 0.755. The van der Waals surface area contributed by atoms with Crippen LogP contribution in [0, 0.1) is 12.7 Å². The minimum Gasteiger partial charge on any atom is -0.340 e. The van der Waals surface area contributed by atoms with Crippen LogP contribution < -0.4 is 0 Å². The summed E-state index contributed by atoms with van der Waals surface area (Å²) in [6.07, 6.45) is 0. The molecule has 1 aromatic heterocycles. The van der Waals surface area contributed by atoms with E-state index in [2.05, 4.69) is 19.9 Å². The minimum atomic E-state index is -0.178. The van der Waals surface area contributed by atoms with Crippen LogP contribution in [0.2, 0.25) is 0 Å². The van der Waals surface area contributed by atoms with Crippen molar-refractivity contribution in [2.45, 2.75) is 18.4 Å². The average Bonchev–Trinajstić information content (AvgIpc) is 2.96. The Morgan fingerprint density at radius 1 is 1.13 bits per heavy atom. The lowest BCUT2D eigenvalue weighted by Gasteiger charge is -2.33. The third-order valence-electron chi connectivity index (χ3n) is 3.89. The van der Waals surface area contributed by atoms with E-state index in [0.717, 1.165) is 55.7 Å². The summed E-state index contributed by atoms with van der Waals surface area (Å²) in [5.74, 6) is 2.23. The Balaban J connectivity index is 1.35. The second-order valence-electron chi connectivity index (χ2n) is 5.65. The first-order chi connectivity index (χ1) is 11.2. The van der Waals surface area contributed by atoms with Crippen LogP contribution in [0.3, 0.4) is 0 Å². The molecule has 0 aliphatic carbocycles. The number of hydrogen-bond donors (Lipinski definition) is 0. The molecule has 1 fully saturated rings. The molecule has 1 saturated heterocycles. The molecule has 1 aliphatic rings. The highest BCUT2D eigenvalue weighted by Crippen LogP contribution is 2.18. The number of aromatic nitrogens is 2. The monoisotopic (exact) mass is 336 g/mol. The predicted octanol–water partition coefficient (Wildman–Crippen LogP) is 2.43. The second-order valence-corrected chi connectivity index (χ2v) is 6.82. The summed E-state index contributed by atoms with van der Waals surface area (Å²) < 4.78 is 17.9. The van der Waals surface area contributed by atoms with Crippen LogP contribution in [0.1, 0.15) is 11.7 Å². The molecule has 0 spiro atoms. The van der Waals surface area contributed by atoms with E-state index in [1.165, 1.54) is 12.1 Å². The van der Waals surface area contributed by atoms with Crippen molar-refractivity contribution >= 4 is 11.8 Å². The maximum Gasteiger partial charge on any atom is 0.223 e. The van der Waals surface area contributed by atoms with Crippen LogP contribution in [0.4, 0.5) is 4.39 Å². The van der Waals surface area contributed by atoms with Crippen LogP contribution >= 0.6 is 11.8 Å². The fourth-order valence-electron chi connectivity index (χ4n) is 2.60. The molecule has 0 unspecified atom stereocenters. The topological polar surface area (TPSA) is 45.4 Å². The summed E-state index contributed by atoms with van der Waals surface area (Å²) >= 11 is 1.77. The van der Waals surface area contributed by atoms with Crippen LogP contribution in [-0.4, -0.2) is 58.4 Å². The minimum absolute atomic E-state index is 0.178. The third kappa shape index (κ3) is 5.02. The molecule has 0 amide bonds.